The maximum absolute atomic E-state index is 4.58. The molecule has 0 aromatic carbocycles. The molecule has 4 rings (SSSR count). The van der Waals surface area contributed by atoms with Crippen LogP contribution in [0.15, 0.2) is 12.5 Å². The van der Waals surface area contributed by atoms with Crippen LogP contribution in [-0.4, -0.2) is 35.8 Å². The summed E-state index contributed by atoms with van der Waals surface area (Å²) in [5.74, 6) is 3.01. The molecule has 0 unspecified atom stereocenters. The number of hydrogen-bond acceptors (Lipinski definition) is 4. The first kappa shape index (κ1) is 15.8. The van der Waals surface area contributed by atoms with Crippen molar-refractivity contribution in [2.45, 2.75) is 77.5 Å². The minimum Gasteiger partial charge on any atom is -0.331 e. The normalized spacial score (nSPS) is 22.4. The van der Waals surface area contributed by atoms with Gasteiger partial charge in [0.1, 0.15) is 11.6 Å². The third-order valence-electron chi connectivity index (χ3n) is 5.73. The van der Waals surface area contributed by atoms with Gasteiger partial charge in [-0.1, -0.05) is 12.8 Å². The lowest BCUT2D eigenvalue weighted by Gasteiger charge is -2.34. The van der Waals surface area contributed by atoms with E-state index in [1.807, 2.05) is 12.5 Å². The summed E-state index contributed by atoms with van der Waals surface area (Å²) < 4.78 is 4.66. The van der Waals surface area contributed by atoms with E-state index in [0.29, 0.717) is 18.0 Å². The summed E-state index contributed by atoms with van der Waals surface area (Å²) in [6.07, 6.45) is 9.18. The largest absolute Gasteiger partial charge is 0.331 e. The number of aromatic nitrogens is 5. The minimum absolute atomic E-state index is 0.303. The van der Waals surface area contributed by atoms with Crippen LogP contribution in [0.5, 0.6) is 0 Å². The molecule has 1 aliphatic carbocycles. The van der Waals surface area contributed by atoms with E-state index in [-0.39, 0.29) is 0 Å². The molecule has 2 aromatic rings. The highest BCUT2D eigenvalue weighted by Crippen LogP contribution is 2.35. The predicted octanol–water partition coefficient (Wildman–Crippen LogP) is 3.29. The quantitative estimate of drug-likeness (QED) is 0.864. The second-order valence-electron chi connectivity index (χ2n) is 7.58. The lowest BCUT2D eigenvalue weighted by Crippen LogP contribution is -2.37. The van der Waals surface area contributed by atoms with Crippen molar-refractivity contribution in [3.8, 4) is 0 Å². The molecule has 2 aromatic heterocycles. The first-order valence-electron chi connectivity index (χ1n) is 9.33. The number of hydrogen-bond donors (Lipinski definition) is 0. The van der Waals surface area contributed by atoms with Crippen molar-refractivity contribution in [3.05, 3.63) is 29.9 Å². The van der Waals surface area contributed by atoms with Crippen LogP contribution in [0.4, 0.5) is 0 Å². The van der Waals surface area contributed by atoms with Gasteiger partial charge in [-0.15, -0.1) is 10.2 Å². The molecule has 0 saturated heterocycles. The SMILES string of the molecule is CC(C)n1cncc1CN1CCn2c(C3CCCC3)nnc2[C@@H]1C. The molecular formula is C18H28N6. The molecule has 1 aliphatic heterocycles. The molecule has 6 heteroatoms. The van der Waals surface area contributed by atoms with Crippen LogP contribution in [-0.2, 0) is 13.1 Å². The Morgan fingerprint density at radius 1 is 1.12 bits per heavy atom. The van der Waals surface area contributed by atoms with Gasteiger partial charge >= 0.3 is 0 Å². The van der Waals surface area contributed by atoms with Crippen molar-refractivity contribution in [2.75, 3.05) is 6.54 Å². The van der Waals surface area contributed by atoms with Gasteiger partial charge in [0.2, 0.25) is 0 Å². The molecular weight excluding hydrogens is 300 g/mol. The third-order valence-corrected chi connectivity index (χ3v) is 5.73. The number of nitrogens with zero attached hydrogens (tertiary/aromatic N) is 6. The molecule has 2 aliphatic rings. The molecule has 0 amide bonds. The molecule has 1 atom stereocenters. The maximum Gasteiger partial charge on any atom is 0.150 e. The van der Waals surface area contributed by atoms with E-state index in [1.165, 1.54) is 37.2 Å². The van der Waals surface area contributed by atoms with Crippen LogP contribution in [0.3, 0.4) is 0 Å². The number of fused-ring (bicyclic) bond motifs is 1. The van der Waals surface area contributed by atoms with Gasteiger partial charge in [-0.3, -0.25) is 4.90 Å². The summed E-state index contributed by atoms with van der Waals surface area (Å²) in [7, 11) is 0. The zero-order valence-electron chi connectivity index (χ0n) is 15.0. The highest BCUT2D eigenvalue weighted by atomic mass is 15.4. The second kappa shape index (κ2) is 6.31. The molecule has 1 fully saturated rings. The van der Waals surface area contributed by atoms with Crippen molar-refractivity contribution in [1.82, 2.24) is 29.2 Å². The van der Waals surface area contributed by atoms with Crippen LogP contribution in [0.1, 0.15) is 81.8 Å². The van der Waals surface area contributed by atoms with Gasteiger partial charge < -0.3 is 9.13 Å². The fraction of sp³-hybridized carbons (Fsp3) is 0.722. The fourth-order valence-corrected chi connectivity index (χ4v) is 4.28. The number of rotatable bonds is 4. The van der Waals surface area contributed by atoms with Crippen LogP contribution in [0.25, 0.3) is 0 Å². The van der Waals surface area contributed by atoms with Gasteiger partial charge in [-0.05, 0) is 33.6 Å². The van der Waals surface area contributed by atoms with Gasteiger partial charge in [0.15, 0.2) is 0 Å². The summed E-state index contributed by atoms with van der Waals surface area (Å²) >= 11 is 0. The molecule has 6 nitrogen and oxygen atoms in total. The van der Waals surface area contributed by atoms with E-state index in [2.05, 4.69) is 50.0 Å². The summed E-state index contributed by atoms with van der Waals surface area (Å²) in [6, 6.07) is 0.747. The molecule has 130 valence electrons. The number of imidazole rings is 1. The Balaban J connectivity index is 1.54. The van der Waals surface area contributed by atoms with Crippen molar-refractivity contribution in [2.24, 2.45) is 0 Å². The Morgan fingerprint density at radius 3 is 2.62 bits per heavy atom. The monoisotopic (exact) mass is 328 g/mol. The van der Waals surface area contributed by atoms with Crippen molar-refractivity contribution >= 4 is 0 Å². The van der Waals surface area contributed by atoms with Crippen LogP contribution >= 0.6 is 0 Å². The Bertz CT molecular complexity index is 694. The highest BCUT2D eigenvalue weighted by molar-refractivity contribution is 5.10. The van der Waals surface area contributed by atoms with E-state index in [9.17, 15) is 0 Å². The molecule has 0 spiro atoms. The Labute approximate surface area is 143 Å². The lowest BCUT2D eigenvalue weighted by molar-refractivity contribution is 0.150. The fourth-order valence-electron chi connectivity index (χ4n) is 4.28. The van der Waals surface area contributed by atoms with Gasteiger partial charge in [-0.25, -0.2) is 4.98 Å². The molecule has 24 heavy (non-hydrogen) atoms. The Kier molecular flexibility index (Phi) is 4.16. The summed E-state index contributed by atoms with van der Waals surface area (Å²) in [6.45, 7) is 9.65. The average molecular weight is 328 g/mol. The minimum atomic E-state index is 0.303. The van der Waals surface area contributed by atoms with Gasteiger partial charge in [0, 0.05) is 37.8 Å². The first-order chi connectivity index (χ1) is 11.6. The van der Waals surface area contributed by atoms with Crippen LogP contribution in [0, 0.1) is 0 Å². The first-order valence-corrected chi connectivity index (χ1v) is 9.33. The van der Waals surface area contributed by atoms with E-state index in [4.69, 9.17) is 0 Å². The van der Waals surface area contributed by atoms with E-state index < -0.39 is 0 Å². The smallest absolute Gasteiger partial charge is 0.150 e. The molecule has 0 radical (unpaired) electrons. The van der Waals surface area contributed by atoms with Crippen molar-refractivity contribution in [1.29, 1.82) is 0 Å². The molecule has 0 bridgehead atoms. The second-order valence-corrected chi connectivity index (χ2v) is 7.58. The Hall–Kier alpha value is -1.69. The van der Waals surface area contributed by atoms with E-state index in [1.54, 1.807) is 0 Å². The van der Waals surface area contributed by atoms with E-state index >= 15 is 0 Å². The van der Waals surface area contributed by atoms with Crippen molar-refractivity contribution < 1.29 is 0 Å². The average Bonchev–Trinajstić information content (AvgIpc) is 3.28. The highest BCUT2D eigenvalue weighted by Gasteiger charge is 2.31. The summed E-state index contributed by atoms with van der Waals surface area (Å²) in [5, 5.41) is 9.14. The topological polar surface area (TPSA) is 51.8 Å². The zero-order chi connectivity index (χ0) is 16.7. The van der Waals surface area contributed by atoms with Crippen LogP contribution < -0.4 is 0 Å². The third kappa shape index (κ3) is 2.66. The van der Waals surface area contributed by atoms with Crippen molar-refractivity contribution in [3.63, 3.8) is 0 Å². The van der Waals surface area contributed by atoms with Gasteiger partial charge in [0.05, 0.1) is 18.1 Å². The molecule has 1 saturated carbocycles. The molecule has 3 heterocycles. The summed E-state index contributed by atoms with van der Waals surface area (Å²) in [4.78, 5) is 6.84. The summed E-state index contributed by atoms with van der Waals surface area (Å²) in [5.41, 5.74) is 1.28. The Morgan fingerprint density at radius 2 is 1.88 bits per heavy atom. The maximum atomic E-state index is 4.58. The van der Waals surface area contributed by atoms with E-state index in [0.717, 1.165) is 25.5 Å². The van der Waals surface area contributed by atoms with Crippen LogP contribution in [0.2, 0.25) is 0 Å². The van der Waals surface area contributed by atoms with Gasteiger partial charge in [0.25, 0.3) is 0 Å². The standard InChI is InChI=1S/C18H28N6/c1-13(2)24-12-19-10-16(24)11-22-8-9-23-17(14(22)3)20-21-18(23)15-6-4-5-7-15/h10,12-15H,4-9,11H2,1-3H3/t14-/m0/s1. The van der Waals surface area contributed by atoms with Gasteiger partial charge in [-0.2, -0.15) is 0 Å². The molecule has 0 N–H and O–H groups in total. The lowest BCUT2D eigenvalue weighted by atomic mass is 10.1. The zero-order valence-corrected chi connectivity index (χ0v) is 15.0. The predicted molar refractivity (Wildman–Crippen MR) is 92.7 cm³/mol.